The highest BCUT2D eigenvalue weighted by molar-refractivity contribution is 5.67. The van der Waals surface area contributed by atoms with Gasteiger partial charge in [-0.05, 0) is 26.8 Å². The van der Waals surface area contributed by atoms with E-state index in [0.29, 0.717) is 13.0 Å². The molecule has 2 unspecified atom stereocenters. The molecule has 0 aliphatic carbocycles. The lowest BCUT2D eigenvalue weighted by Crippen LogP contribution is -2.51. The summed E-state index contributed by atoms with van der Waals surface area (Å²) in [6, 6.07) is -0.414. The zero-order valence-electron chi connectivity index (χ0n) is 8.55. The van der Waals surface area contributed by atoms with Crippen LogP contribution in [0.1, 0.15) is 20.3 Å². The second-order valence-corrected chi connectivity index (χ2v) is 3.71. The van der Waals surface area contributed by atoms with Crippen LogP contribution in [0.5, 0.6) is 0 Å². The largest absolute Gasteiger partial charge is 0.447 e. The monoisotopic (exact) mass is 204 g/mol. The summed E-state index contributed by atoms with van der Waals surface area (Å²) < 4.78 is 18.1. The van der Waals surface area contributed by atoms with Crippen molar-refractivity contribution in [2.75, 3.05) is 13.1 Å². The van der Waals surface area contributed by atoms with Crippen molar-refractivity contribution in [3.05, 3.63) is 0 Å². The second-order valence-electron chi connectivity index (χ2n) is 3.71. The highest BCUT2D eigenvalue weighted by Crippen LogP contribution is 2.07. The Balaban J connectivity index is 2.31. The van der Waals surface area contributed by atoms with Crippen LogP contribution in [-0.2, 0) is 4.74 Å². The molecule has 4 nitrogen and oxygen atoms in total. The fourth-order valence-electron chi connectivity index (χ4n) is 1.38. The first kappa shape index (κ1) is 11.2. The summed E-state index contributed by atoms with van der Waals surface area (Å²) in [5.74, 6) is 0. The average Bonchev–Trinajstić information content (AvgIpc) is 2.07. The van der Waals surface area contributed by atoms with E-state index in [2.05, 4.69) is 10.6 Å². The topological polar surface area (TPSA) is 50.4 Å². The van der Waals surface area contributed by atoms with Crippen LogP contribution in [0.3, 0.4) is 0 Å². The molecule has 1 heterocycles. The van der Waals surface area contributed by atoms with Crippen LogP contribution in [0.15, 0.2) is 0 Å². The summed E-state index contributed by atoms with van der Waals surface area (Å²) in [4.78, 5) is 11.1. The number of halogens is 1. The van der Waals surface area contributed by atoms with Gasteiger partial charge in [-0.2, -0.15) is 0 Å². The molecule has 1 fully saturated rings. The van der Waals surface area contributed by atoms with Gasteiger partial charge in [-0.3, -0.25) is 0 Å². The van der Waals surface area contributed by atoms with Crippen molar-refractivity contribution in [1.29, 1.82) is 0 Å². The number of hydrogen-bond donors (Lipinski definition) is 2. The molecule has 0 spiro atoms. The van der Waals surface area contributed by atoms with Crippen LogP contribution in [0, 0.1) is 0 Å². The molecule has 1 aliphatic heterocycles. The number of nitrogens with one attached hydrogen (secondary N) is 2. The summed E-state index contributed by atoms with van der Waals surface area (Å²) >= 11 is 0. The molecular formula is C9H17FN2O2. The number of hydrogen-bond acceptors (Lipinski definition) is 3. The Bertz CT molecular complexity index is 199. The minimum atomic E-state index is -1.02. The van der Waals surface area contributed by atoms with Gasteiger partial charge in [0.05, 0.1) is 12.1 Å². The second kappa shape index (κ2) is 5.14. The molecule has 0 aromatic rings. The van der Waals surface area contributed by atoms with E-state index < -0.39 is 18.3 Å². The van der Waals surface area contributed by atoms with E-state index in [1.54, 1.807) is 13.8 Å². The van der Waals surface area contributed by atoms with Crippen molar-refractivity contribution in [1.82, 2.24) is 10.6 Å². The lowest BCUT2D eigenvalue weighted by Gasteiger charge is -2.27. The molecule has 1 rings (SSSR count). The normalized spacial score (nSPS) is 27.4. The van der Waals surface area contributed by atoms with Crippen molar-refractivity contribution >= 4 is 6.09 Å². The smallest absolute Gasteiger partial charge is 0.407 e. The highest BCUT2D eigenvalue weighted by Gasteiger charge is 2.26. The number of ether oxygens (including phenoxy) is 1. The van der Waals surface area contributed by atoms with Crippen LogP contribution in [0.2, 0.25) is 0 Å². The van der Waals surface area contributed by atoms with Gasteiger partial charge in [0.1, 0.15) is 6.17 Å². The zero-order chi connectivity index (χ0) is 10.6. The molecule has 1 saturated heterocycles. The van der Waals surface area contributed by atoms with E-state index in [9.17, 15) is 9.18 Å². The SMILES string of the molecule is CC(C)OC(=O)NC1CCNCC1F. The van der Waals surface area contributed by atoms with Crippen molar-refractivity contribution in [2.45, 2.75) is 38.6 Å². The molecule has 0 radical (unpaired) electrons. The summed E-state index contributed by atoms with van der Waals surface area (Å²) in [5, 5.41) is 5.44. The summed E-state index contributed by atoms with van der Waals surface area (Å²) in [5.41, 5.74) is 0. The van der Waals surface area contributed by atoms with Gasteiger partial charge in [-0.1, -0.05) is 0 Å². The van der Waals surface area contributed by atoms with E-state index in [0.717, 1.165) is 6.54 Å². The molecule has 14 heavy (non-hydrogen) atoms. The van der Waals surface area contributed by atoms with E-state index in [-0.39, 0.29) is 6.10 Å². The van der Waals surface area contributed by atoms with Gasteiger partial charge in [0.2, 0.25) is 0 Å². The van der Waals surface area contributed by atoms with Gasteiger partial charge in [0.25, 0.3) is 0 Å². The predicted molar refractivity (Wildman–Crippen MR) is 50.9 cm³/mol. The third kappa shape index (κ3) is 3.49. The predicted octanol–water partition coefficient (Wildman–Crippen LogP) is 0.821. The summed E-state index contributed by atoms with van der Waals surface area (Å²) in [7, 11) is 0. The molecule has 2 N–H and O–H groups in total. The Morgan fingerprint density at radius 3 is 2.93 bits per heavy atom. The first-order chi connectivity index (χ1) is 6.59. The van der Waals surface area contributed by atoms with Crippen LogP contribution in [0.4, 0.5) is 9.18 Å². The Morgan fingerprint density at radius 1 is 1.64 bits per heavy atom. The number of carbonyl (C=O) groups excluding carboxylic acids is 1. The number of alkyl halides is 1. The minimum absolute atomic E-state index is 0.172. The van der Waals surface area contributed by atoms with Crippen molar-refractivity contribution in [2.24, 2.45) is 0 Å². The Labute approximate surface area is 83.2 Å². The van der Waals surface area contributed by atoms with E-state index in [4.69, 9.17) is 4.74 Å². The molecule has 1 aliphatic rings. The molecule has 2 atom stereocenters. The van der Waals surface area contributed by atoms with Gasteiger partial charge >= 0.3 is 6.09 Å². The summed E-state index contributed by atoms with van der Waals surface area (Å²) in [6.07, 6.45) is -1.12. The van der Waals surface area contributed by atoms with Gasteiger partial charge in [0.15, 0.2) is 0 Å². The Hall–Kier alpha value is -0.840. The maximum absolute atomic E-state index is 13.2. The van der Waals surface area contributed by atoms with Crippen molar-refractivity contribution in [3.8, 4) is 0 Å². The number of amides is 1. The van der Waals surface area contributed by atoms with Crippen LogP contribution < -0.4 is 10.6 Å². The third-order valence-electron chi connectivity index (χ3n) is 2.05. The first-order valence-corrected chi connectivity index (χ1v) is 4.91. The van der Waals surface area contributed by atoms with Gasteiger partial charge in [-0.15, -0.1) is 0 Å². The highest BCUT2D eigenvalue weighted by atomic mass is 19.1. The molecule has 5 heteroatoms. The van der Waals surface area contributed by atoms with Crippen LogP contribution >= 0.6 is 0 Å². The lowest BCUT2D eigenvalue weighted by molar-refractivity contribution is 0.102. The Kier molecular flexibility index (Phi) is 4.13. The van der Waals surface area contributed by atoms with Crippen molar-refractivity contribution in [3.63, 3.8) is 0 Å². The lowest BCUT2D eigenvalue weighted by atomic mass is 10.1. The molecule has 0 bridgehead atoms. The number of carbonyl (C=O) groups is 1. The van der Waals surface area contributed by atoms with Gasteiger partial charge in [-0.25, -0.2) is 9.18 Å². The maximum Gasteiger partial charge on any atom is 0.407 e. The minimum Gasteiger partial charge on any atom is -0.447 e. The molecule has 0 aromatic heterocycles. The van der Waals surface area contributed by atoms with Crippen LogP contribution in [0.25, 0.3) is 0 Å². The van der Waals surface area contributed by atoms with Crippen LogP contribution in [-0.4, -0.2) is 37.5 Å². The molecule has 1 amide bonds. The fraction of sp³-hybridized carbons (Fsp3) is 0.889. The molecule has 0 saturated carbocycles. The van der Waals surface area contributed by atoms with Gasteiger partial charge in [0, 0.05) is 6.54 Å². The summed E-state index contributed by atoms with van der Waals surface area (Å²) in [6.45, 7) is 4.55. The zero-order valence-corrected chi connectivity index (χ0v) is 8.55. The number of alkyl carbamates (subject to hydrolysis) is 1. The molecule has 82 valence electrons. The van der Waals surface area contributed by atoms with Crippen molar-refractivity contribution < 1.29 is 13.9 Å². The number of piperidine rings is 1. The quantitative estimate of drug-likeness (QED) is 0.700. The fourth-order valence-corrected chi connectivity index (χ4v) is 1.38. The first-order valence-electron chi connectivity index (χ1n) is 4.91. The third-order valence-corrected chi connectivity index (χ3v) is 2.05. The van der Waals surface area contributed by atoms with E-state index in [1.165, 1.54) is 0 Å². The van der Waals surface area contributed by atoms with E-state index >= 15 is 0 Å². The molecular weight excluding hydrogens is 187 g/mol. The van der Waals surface area contributed by atoms with Gasteiger partial charge < -0.3 is 15.4 Å². The average molecular weight is 204 g/mol. The Morgan fingerprint density at radius 2 is 2.36 bits per heavy atom. The standard InChI is InChI=1S/C9H17FN2O2/c1-6(2)14-9(13)12-8-3-4-11-5-7(8)10/h6-8,11H,3-5H2,1-2H3,(H,12,13). The maximum atomic E-state index is 13.2. The molecule has 0 aromatic carbocycles. The van der Waals surface area contributed by atoms with E-state index in [1.807, 2.05) is 0 Å². The number of rotatable bonds is 2.